The number of benzene rings is 1. The fraction of sp³-hybridized carbons (Fsp3) is 0.500. The van der Waals surface area contributed by atoms with Crippen LogP contribution < -0.4 is 5.32 Å². The number of hydrogen-bond donors (Lipinski definition) is 2. The molecule has 1 aromatic carbocycles. The van der Waals surface area contributed by atoms with Gasteiger partial charge in [0.25, 0.3) is 5.91 Å². The molecule has 1 atom stereocenters. The van der Waals surface area contributed by atoms with Crippen molar-refractivity contribution < 1.29 is 23.1 Å². The third-order valence-electron chi connectivity index (χ3n) is 3.00. The van der Waals surface area contributed by atoms with Gasteiger partial charge >= 0.3 is 6.18 Å². The molecule has 1 aromatic rings. The highest BCUT2D eigenvalue weighted by Gasteiger charge is 2.35. The first-order valence-electron chi connectivity index (χ1n) is 6.51. The molecule has 0 fully saturated rings. The second-order valence-electron chi connectivity index (χ2n) is 4.87. The minimum absolute atomic E-state index is 0.0544. The molecule has 0 bridgehead atoms. The molecule has 2 N–H and O–H groups in total. The van der Waals surface area contributed by atoms with E-state index < -0.39 is 17.6 Å². The molecule has 21 heavy (non-hydrogen) atoms. The van der Waals surface area contributed by atoms with Gasteiger partial charge in [-0.25, -0.2) is 0 Å². The third-order valence-corrected chi connectivity index (χ3v) is 3.50. The molecule has 118 valence electrons. The summed E-state index contributed by atoms with van der Waals surface area (Å²) in [5.74, 6) is -0.633. The van der Waals surface area contributed by atoms with Gasteiger partial charge in [-0.3, -0.25) is 4.79 Å². The summed E-state index contributed by atoms with van der Waals surface area (Å²) in [7, 11) is 0. The Morgan fingerprint density at radius 1 is 1.43 bits per heavy atom. The first kappa shape index (κ1) is 18.0. The van der Waals surface area contributed by atoms with Gasteiger partial charge in [0.05, 0.1) is 11.1 Å². The minimum atomic E-state index is -4.58. The van der Waals surface area contributed by atoms with Gasteiger partial charge in [0.1, 0.15) is 0 Å². The van der Waals surface area contributed by atoms with Crippen LogP contribution in [0.2, 0.25) is 0 Å². The lowest BCUT2D eigenvalue weighted by atomic mass is 10.1. The number of aliphatic hydroxyl groups excluding tert-OH is 1. The van der Waals surface area contributed by atoms with Gasteiger partial charge in [0, 0.05) is 17.6 Å². The average Bonchev–Trinajstić information content (AvgIpc) is 2.41. The summed E-state index contributed by atoms with van der Waals surface area (Å²) in [6, 6.07) is 3.44. The molecule has 0 saturated carbocycles. The van der Waals surface area contributed by atoms with Crippen LogP contribution in [0.5, 0.6) is 0 Å². The number of aliphatic hydroxyl groups is 1. The van der Waals surface area contributed by atoms with Crippen LogP contribution in [0.1, 0.15) is 35.7 Å². The van der Waals surface area contributed by atoms with E-state index in [1.54, 1.807) is 0 Å². The quantitative estimate of drug-likeness (QED) is 0.754. The molecule has 0 spiro atoms. The molecule has 0 aliphatic rings. The Labute approximate surface area is 129 Å². The molecule has 0 aliphatic carbocycles. The normalized spacial score (nSPS) is 13.0. The van der Waals surface area contributed by atoms with Crippen LogP contribution in [0.4, 0.5) is 13.2 Å². The van der Waals surface area contributed by atoms with E-state index in [0.717, 1.165) is 12.1 Å². The van der Waals surface area contributed by atoms with Gasteiger partial charge in [-0.2, -0.15) is 13.2 Å². The topological polar surface area (TPSA) is 49.3 Å². The Hall–Kier alpha value is -1.08. The summed E-state index contributed by atoms with van der Waals surface area (Å²) >= 11 is 2.97. The number of carbonyl (C=O) groups excluding carboxylic acids is 1. The Morgan fingerprint density at radius 3 is 2.67 bits per heavy atom. The molecule has 0 saturated heterocycles. The first-order chi connectivity index (χ1) is 9.75. The van der Waals surface area contributed by atoms with E-state index in [2.05, 4.69) is 21.2 Å². The molecule has 3 nitrogen and oxygen atoms in total. The lowest BCUT2D eigenvalue weighted by Crippen LogP contribution is -2.27. The molecule has 0 aliphatic heterocycles. The van der Waals surface area contributed by atoms with Crippen LogP contribution in [0.25, 0.3) is 0 Å². The molecule has 7 heteroatoms. The highest BCUT2D eigenvalue weighted by molar-refractivity contribution is 9.10. The predicted molar refractivity (Wildman–Crippen MR) is 77.0 cm³/mol. The van der Waals surface area contributed by atoms with E-state index in [1.165, 1.54) is 6.07 Å². The number of rotatable bonds is 6. The summed E-state index contributed by atoms with van der Waals surface area (Å²) in [5.41, 5.74) is -1.35. The fourth-order valence-electron chi connectivity index (χ4n) is 1.79. The van der Waals surface area contributed by atoms with E-state index in [4.69, 9.17) is 5.11 Å². The first-order valence-corrected chi connectivity index (χ1v) is 7.30. The largest absolute Gasteiger partial charge is 0.417 e. The molecule has 1 unspecified atom stereocenters. The minimum Gasteiger partial charge on any atom is -0.396 e. The highest BCUT2D eigenvalue weighted by atomic mass is 79.9. The van der Waals surface area contributed by atoms with E-state index >= 15 is 0 Å². The predicted octanol–water partition coefficient (Wildman–Crippen LogP) is 3.61. The molecular formula is C14H17BrF3NO2. The lowest BCUT2D eigenvalue weighted by molar-refractivity contribution is -0.138. The van der Waals surface area contributed by atoms with Gasteiger partial charge in [-0.15, -0.1) is 0 Å². The monoisotopic (exact) mass is 367 g/mol. The zero-order chi connectivity index (χ0) is 16.0. The SMILES string of the molecule is CC(CO)CCCNC(=O)c1ccc(Br)cc1C(F)(F)F. The smallest absolute Gasteiger partial charge is 0.396 e. The maximum Gasteiger partial charge on any atom is 0.417 e. The van der Waals surface area contributed by atoms with Crippen molar-refractivity contribution in [3.8, 4) is 0 Å². The standard InChI is InChI=1S/C14H17BrF3NO2/c1-9(8-20)3-2-6-19-13(21)11-5-4-10(15)7-12(11)14(16,17)18/h4-5,7,9,20H,2-3,6,8H2,1H3,(H,19,21). The zero-order valence-electron chi connectivity index (χ0n) is 11.5. The van der Waals surface area contributed by atoms with E-state index in [0.29, 0.717) is 12.8 Å². The summed E-state index contributed by atoms with van der Waals surface area (Å²) in [5, 5.41) is 11.3. The fourth-order valence-corrected chi connectivity index (χ4v) is 2.15. The Morgan fingerprint density at radius 2 is 2.10 bits per heavy atom. The molecule has 1 rings (SSSR count). The van der Waals surface area contributed by atoms with Gasteiger partial charge in [-0.1, -0.05) is 22.9 Å². The van der Waals surface area contributed by atoms with E-state index in [-0.39, 0.29) is 29.1 Å². The average molecular weight is 368 g/mol. The highest BCUT2D eigenvalue weighted by Crippen LogP contribution is 2.33. The van der Waals surface area contributed by atoms with Gasteiger partial charge < -0.3 is 10.4 Å². The van der Waals surface area contributed by atoms with E-state index in [1.807, 2.05) is 6.92 Å². The van der Waals surface area contributed by atoms with Crippen molar-refractivity contribution in [1.82, 2.24) is 5.32 Å². The molecule has 0 radical (unpaired) electrons. The van der Waals surface area contributed by atoms with Crippen molar-refractivity contribution in [1.29, 1.82) is 0 Å². The summed E-state index contributed by atoms with van der Waals surface area (Å²) < 4.78 is 39.0. The number of carbonyl (C=O) groups is 1. The summed E-state index contributed by atoms with van der Waals surface area (Å²) in [6.45, 7) is 2.19. The molecular weight excluding hydrogens is 351 g/mol. The number of alkyl halides is 3. The van der Waals surface area contributed by atoms with Gasteiger partial charge in [0.15, 0.2) is 0 Å². The number of hydrogen-bond acceptors (Lipinski definition) is 2. The Bertz CT molecular complexity index is 492. The van der Waals surface area contributed by atoms with Crippen molar-refractivity contribution in [2.24, 2.45) is 5.92 Å². The van der Waals surface area contributed by atoms with Crippen molar-refractivity contribution in [3.05, 3.63) is 33.8 Å². The number of halogens is 4. The second kappa shape index (κ2) is 7.79. The van der Waals surface area contributed by atoms with E-state index in [9.17, 15) is 18.0 Å². The van der Waals surface area contributed by atoms with Crippen molar-refractivity contribution in [2.45, 2.75) is 25.9 Å². The van der Waals surface area contributed by atoms with Crippen molar-refractivity contribution in [2.75, 3.05) is 13.2 Å². The van der Waals surface area contributed by atoms with Crippen LogP contribution in [0, 0.1) is 5.92 Å². The molecule has 0 aromatic heterocycles. The Kier molecular flexibility index (Phi) is 6.67. The van der Waals surface area contributed by atoms with Crippen molar-refractivity contribution >= 4 is 21.8 Å². The maximum absolute atomic E-state index is 12.9. The lowest BCUT2D eigenvalue weighted by Gasteiger charge is -2.14. The van der Waals surface area contributed by atoms with Crippen LogP contribution in [-0.2, 0) is 6.18 Å². The number of amides is 1. The van der Waals surface area contributed by atoms with Crippen LogP contribution in [0.15, 0.2) is 22.7 Å². The van der Waals surface area contributed by atoms with Crippen LogP contribution in [-0.4, -0.2) is 24.2 Å². The van der Waals surface area contributed by atoms with Crippen LogP contribution in [0.3, 0.4) is 0 Å². The third kappa shape index (κ3) is 5.67. The molecule has 1 amide bonds. The summed E-state index contributed by atoms with van der Waals surface area (Å²) in [4.78, 5) is 11.9. The van der Waals surface area contributed by atoms with Gasteiger partial charge in [0.2, 0.25) is 0 Å². The summed E-state index contributed by atoms with van der Waals surface area (Å²) in [6.07, 6.45) is -3.28. The Balaban J connectivity index is 2.70. The van der Waals surface area contributed by atoms with Gasteiger partial charge in [-0.05, 0) is 37.0 Å². The second-order valence-corrected chi connectivity index (χ2v) is 5.79. The zero-order valence-corrected chi connectivity index (χ0v) is 13.1. The van der Waals surface area contributed by atoms with Crippen molar-refractivity contribution in [3.63, 3.8) is 0 Å². The molecule has 0 heterocycles. The maximum atomic E-state index is 12.9. The number of nitrogens with one attached hydrogen (secondary N) is 1. The van der Waals surface area contributed by atoms with Crippen LogP contribution >= 0.6 is 15.9 Å².